The van der Waals surface area contributed by atoms with E-state index in [0.29, 0.717) is 0 Å². The Bertz CT molecular complexity index is 563. The van der Waals surface area contributed by atoms with Gasteiger partial charge in [0.05, 0.1) is 9.59 Å². The zero-order chi connectivity index (χ0) is 14.0. The van der Waals surface area contributed by atoms with Gasteiger partial charge in [0.15, 0.2) is 0 Å². The van der Waals surface area contributed by atoms with Crippen molar-refractivity contribution in [2.75, 3.05) is 0 Å². The predicted molar refractivity (Wildman–Crippen MR) is 87.5 cm³/mol. The lowest BCUT2D eigenvalue weighted by Gasteiger charge is -2.20. The summed E-state index contributed by atoms with van der Waals surface area (Å²) in [6.07, 6.45) is 0. The average Bonchev–Trinajstić information content (AvgIpc) is 2.76. The van der Waals surface area contributed by atoms with Crippen molar-refractivity contribution < 1.29 is 0 Å². The van der Waals surface area contributed by atoms with Crippen LogP contribution in [0.3, 0.4) is 0 Å². The van der Waals surface area contributed by atoms with Crippen LogP contribution in [0.15, 0.2) is 35.2 Å². The topological polar surface area (TPSA) is 26.0 Å². The van der Waals surface area contributed by atoms with Crippen LogP contribution in [0.25, 0.3) is 0 Å². The molecule has 0 spiro atoms. The van der Waals surface area contributed by atoms with Crippen LogP contribution in [0, 0.1) is 13.8 Å². The molecular weight excluding hydrogens is 294 g/mol. The van der Waals surface area contributed by atoms with E-state index in [2.05, 4.69) is 45.0 Å². The summed E-state index contributed by atoms with van der Waals surface area (Å²) in [7, 11) is 0. The van der Waals surface area contributed by atoms with Crippen molar-refractivity contribution in [1.29, 1.82) is 0 Å². The van der Waals surface area contributed by atoms with E-state index in [1.165, 1.54) is 20.9 Å². The molecule has 0 saturated carbocycles. The Labute approximate surface area is 128 Å². The molecule has 1 aromatic carbocycles. The standard InChI is InChI=1S/C15H18ClNS2/c1-9-4-5-10(2)13(8-9)19-15(11(3)17)12-6-7-14(16)18-12/h4-8,11,15H,17H2,1-3H3. The van der Waals surface area contributed by atoms with Gasteiger partial charge in [-0.2, -0.15) is 0 Å². The van der Waals surface area contributed by atoms with Crippen molar-refractivity contribution in [3.05, 3.63) is 50.7 Å². The summed E-state index contributed by atoms with van der Waals surface area (Å²) in [5.74, 6) is 0. The molecule has 2 N–H and O–H groups in total. The molecule has 2 atom stereocenters. The van der Waals surface area contributed by atoms with Crippen molar-refractivity contribution in [2.45, 2.75) is 37.0 Å². The molecule has 4 heteroatoms. The summed E-state index contributed by atoms with van der Waals surface area (Å²) < 4.78 is 0.821. The van der Waals surface area contributed by atoms with E-state index in [4.69, 9.17) is 17.3 Å². The molecule has 2 rings (SSSR count). The van der Waals surface area contributed by atoms with E-state index >= 15 is 0 Å². The zero-order valence-corrected chi connectivity index (χ0v) is 13.7. The normalized spacial score (nSPS) is 14.4. The van der Waals surface area contributed by atoms with Crippen LogP contribution >= 0.6 is 34.7 Å². The van der Waals surface area contributed by atoms with Crippen LogP contribution < -0.4 is 5.73 Å². The van der Waals surface area contributed by atoms with Gasteiger partial charge in [-0.3, -0.25) is 0 Å². The van der Waals surface area contributed by atoms with E-state index < -0.39 is 0 Å². The lowest BCUT2D eigenvalue weighted by atomic mass is 10.2. The number of rotatable bonds is 4. The molecule has 102 valence electrons. The molecule has 2 aromatic rings. The van der Waals surface area contributed by atoms with E-state index in [1.54, 1.807) is 11.3 Å². The zero-order valence-electron chi connectivity index (χ0n) is 11.3. The Morgan fingerprint density at radius 3 is 2.53 bits per heavy atom. The van der Waals surface area contributed by atoms with Crippen molar-refractivity contribution in [3.8, 4) is 0 Å². The van der Waals surface area contributed by atoms with Crippen LogP contribution in [-0.2, 0) is 0 Å². The fraction of sp³-hybridized carbons (Fsp3) is 0.333. The Kier molecular flexibility index (Phi) is 4.96. The van der Waals surface area contributed by atoms with Gasteiger partial charge in [0.2, 0.25) is 0 Å². The van der Waals surface area contributed by atoms with Crippen molar-refractivity contribution in [1.82, 2.24) is 0 Å². The van der Waals surface area contributed by atoms with Crippen LogP contribution in [0.4, 0.5) is 0 Å². The van der Waals surface area contributed by atoms with Gasteiger partial charge in [-0.1, -0.05) is 29.3 Å². The largest absolute Gasteiger partial charge is 0.327 e. The van der Waals surface area contributed by atoms with Gasteiger partial charge in [0.1, 0.15) is 0 Å². The summed E-state index contributed by atoms with van der Waals surface area (Å²) in [4.78, 5) is 2.54. The molecule has 0 aliphatic heterocycles. The molecule has 1 nitrogen and oxygen atoms in total. The first-order chi connectivity index (χ1) is 8.97. The highest BCUT2D eigenvalue weighted by Gasteiger charge is 2.20. The van der Waals surface area contributed by atoms with Gasteiger partial charge < -0.3 is 5.73 Å². The minimum atomic E-state index is 0.0830. The summed E-state index contributed by atoms with van der Waals surface area (Å²) >= 11 is 9.49. The number of thiophene rings is 1. The summed E-state index contributed by atoms with van der Waals surface area (Å²) in [6.45, 7) is 6.31. The van der Waals surface area contributed by atoms with Crippen LogP contribution in [0.5, 0.6) is 0 Å². The first-order valence-corrected chi connectivity index (χ1v) is 8.29. The first kappa shape index (κ1) is 14.9. The maximum atomic E-state index is 6.16. The Hall–Kier alpha value is -0.480. The molecule has 0 fully saturated rings. The van der Waals surface area contributed by atoms with Crippen LogP contribution in [0.2, 0.25) is 4.34 Å². The fourth-order valence-electron chi connectivity index (χ4n) is 1.88. The van der Waals surface area contributed by atoms with Gasteiger partial charge >= 0.3 is 0 Å². The number of aryl methyl sites for hydroxylation is 2. The van der Waals surface area contributed by atoms with E-state index in [0.717, 1.165) is 4.34 Å². The third-order valence-corrected chi connectivity index (χ3v) is 6.04. The molecule has 1 aromatic heterocycles. The maximum absolute atomic E-state index is 6.16. The molecule has 19 heavy (non-hydrogen) atoms. The van der Waals surface area contributed by atoms with Crippen LogP contribution in [0.1, 0.15) is 28.2 Å². The molecule has 0 saturated heterocycles. The minimum Gasteiger partial charge on any atom is -0.327 e. The van der Waals surface area contributed by atoms with E-state index in [1.807, 2.05) is 17.8 Å². The second kappa shape index (κ2) is 6.31. The Morgan fingerprint density at radius 2 is 1.95 bits per heavy atom. The molecule has 0 amide bonds. The molecule has 0 aliphatic carbocycles. The highest BCUT2D eigenvalue weighted by molar-refractivity contribution is 7.99. The molecule has 0 bridgehead atoms. The maximum Gasteiger partial charge on any atom is 0.0931 e. The van der Waals surface area contributed by atoms with Crippen molar-refractivity contribution >= 4 is 34.7 Å². The monoisotopic (exact) mass is 311 g/mol. The number of nitrogens with two attached hydrogens (primary N) is 1. The molecular formula is C15H18ClNS2. The lowest BCUT2D eigenvalue weighted by Crippen LogP contribution is -2.21. The Morgan fingerprint density at radius 1 is 1.21 bits per heavy atom. The number of benzene rings is 1. The van der Waals surface area contributed by atoms with Gasteiger partial charge in [-0.05, 0) is 44.5 Å². The fourth-order valence-corrected chi connectivity index (χ4v) is 4.51. The summed E-state index contributed by atoms with van der Waals surface area (Å²) in [5, 5.41) is 0.248. The van der Waals surface area contributed by atoms with Crippen molar-refractivity contribution in [3.63, 3.8) is 0 Å². The molecule has 2 unspecified atom stereocenters. The number of hydrogen-bond donors (Lipinski definition) is 1. The third kappa shape index (κ3) is 3.76. The number of thioether (sulfide) groups is 1. The predicted octanol–water partition coefficient (Wildman–Crippen LogP) is 5.20. The Balaban J connectivity index is 2.29. The third-order valence-electron chi connectivity index (χ3n) is 2.95. The lowest BCUT2D eigenvalue weighted by molar-refractivity contribution is 0.730. The SMILES string of the molecule is Cc1ccc(C)c(SC(c2ccc(Cl)s2)C(C)N)c1. The second-order valence-corrected chi connectivity index (χ2v) is 7.74. The highest BCUT2D eigenvalue weighted by Crippen LogP contribution is 2.42. The molecule has 0 aliphatic rings. The van der Waals surface area contributed by atoms with E-state index in [9.17, 15) is 0 Å². The smallest absolute Gasteiger partial charge is 0.0931 e. The first-order valence-electron chi connectivity index (χ1n) is 6.22. The second-order valence-electron chi connectivity index (χ2n) is 4.81. The highest BCUT2D eigenvalue weighted by atomic mass is 35.5. The van der Waals surface area contributed by atoms with Crippen LogP contribution in [-0.4, -0.2) is 6.04 Å². The number of halogens is 1. The number of hydrogen-bond acceptors (Lipinski definition) is 3. The van der Waals surface area contributed by atoms with Gasteiger partial charge in [0, 0.05) is 15.8 Å². The van der Waals surface area contributed by atoms with Crippen molar-refractivity contribution in [2.24, 2.45) is 5.73 Å². The van der Waals surface area contributed by atoms with Gasteiger partial charge in [-0.15, -0.1) is 23.1 Å². The quantitative estimate of drug-likeness (QED) is 0.785. The summed E-state index contributed by atoms with van der Waals surface area (Å²) in [5.41, 5.74) is 8.73. The van der Waals surface area contributed by atoms with Gasteiger partial charge in [-0.25, -0.2) is 0 Å². The molecule has 0 radical (unpaired) electrons. The van der Waals surface area contributed by atoms with E-state index in [-0.39, 0.29) is 11.3 Å². The van der Waals surface area contributed by atoms with Gasteiger partial charge in [0.25, 0.3) is 0 Å². The summed E-state index contributed by atoms with van der Waals surface area (Å²) in [6, 6.07) is 10.6. The minimum absolute atomic E-state index is 0.0830. The molecule has 1 heterocycles. The average molecular weight is 312 g/mol.